The molecule has 2 aromatic carbocycles. The van der Waals surface area contributed by atoms with E-state index in [2.05, 4.69) is 87.6 Å². The molecule has 1 unspecified atom stereocenters. The first-order chi connectivity index (χ1) is 9.48. The van der Waals surface area contributed by atoms with Crippen LogP contribution in [0.15, 0.2) is 54.6 Å². The van der Waals surface area contributed by atoms with Gasteiger partial charge < -0.3 is 5.32 Å². The van der Waals surface area contributed by atoms with Gasteiger partial charge in [-0.05, 0) is 29.0 Å². The fourth-order valence-electron chi connectivity index (χ4n) is 2.59. The smallest absolute Gasteiger partial charge is 0.0372 e. The van der Waals surface area contributed by atoms with Crippen LogP contribution in [-0.4, -0.2) is 0 Å². The second-order valence-corrected chi connectivity index (χ2v) is 6.52. The highest BCUT2D eigenvalue weighted by Gasteiger charge is 2.25. The average molecular weight is 267 g/mol. The Morgan fingerprint density at radius 2 is 1.50 bits per heavy atom. The third-order valence-corrected chi connectivity index (χ3v) is 3.76. The molecule has 1 N–H and O–H groups in total. The lowest BCUT2D eigenvalue weighted by molar-refractivity contribution is 0.271. The monoisotopic (exact) mass is 267 g/mol. The van der Waals surface area contributed by atoms with Crippen molar-refractivity contribution in [1.82, 2.24) is 5.32 Å². The van der Waals surface area contributed by atoms with E-state index < -0.39 is 0 Å². The largest absolute Gasteiger partial charge is 0.305 e. The first-order valence-corrected chi connectivity index (χ1v) is 7.31. The molecule has 20 heavy (non-hydrogen) atoms. The van der Waals surface area contributed by atoms with E-state index in [0.29, 0.717) is 6.04 Å². The maximum absolute atomic E-state index is 3.73. The minimum absolute atomic E-state index is 0.185. The van der Waals surface area contributed by atoms with E-state index in [1.807, 2.05) is 0 Å². The van der Waals surface area contributed by atoms with Gasteiger partial charge in [0, 0.05) is 12.6 Å². The van der Waals surface area contributed by atoms with Crippen LogP contribution >= 0.6 is 0 Å². The molecule has 0 bridgehead atoms. The Labute approximate surface area is 123 Å². The maximum atomic E-state index is 3.73. The van der Waals surface area contributed by atoms with Gasteiger partial charge in [-0.15, -0.1) is 0 Å². The minimum atomic E-state index is 0.185. The number of rotatable bonds is 4. The highest BCUT2D eigenvalue weighted by Crippen LogP contribution is 2.32. The first kappa shape index (κ1) is 14.8. The van der Waals surface area contributed by atoms with E-state index in [-0.39, 0.29) is 5.41 Å². The number of hydrogen-bond acceptors (Lipinski definition) is 1. The molecular formula is C19H25N. The Hall–Kier alpha value is -1.60. The van der Waals surface area contributed by atoms with Crippen LogP contribution in [-0.2, 0) is 6.54 Å². The summed E-state index contributed by atoms with van der Waals surface area (Å²) in [6.07, 6.45) is 0. The summed E-state index contributed by atoms with van der Waals surface area (Å²) in [7, 11) is 0. The molecule has 0 fully saturated rings. The molecule has 0 aliphatic heterocycles. The van der Waals surface area contributed by atoms with Crippen molar-refractivity contribution >= 4 is 0 Å². The third-order valence-electron chi connectivity index (χ3n) is 3.76. The van der Waals surface area contributed by atoms with E-state index in [0.717, 1.165) is 6.54 Å². The van der Waals surface area contributed by atoms with Crippen molar-refractivity contribution in [3.05, 3.63) is 71.3 Å². The topological polar surface area (TPSA) is 12.0 Å². The zero-order valence-corrected chi connectivity index (χ0v) is 13.0. The van der Waals surface area contributed by atoms with Gasteiger partial charge in [0.15, 0.2) is 0 Å². The molecule has 0 radical (unpaired) electrons. The Morgan fingerprint density at radius 1 is 0.900 bits per heavy atom. The molecule has 1 heteroatoms. The summed E-state index contributed by atoms with van der Waals surface area (Å²) in [6, 6.07) is 19.6. The Balaban J connectivity index is 2.16. The zero-order chi connectivity index (χ0) is 14.6. The summed E-state index contributed by atoms with van der Waals surface area (Å²) in [5.41, 5.74) is 4.26. The lowest BCUT2D eigenvalue weighted by Crippen LogP contribution is -2.32. The van der Waals surface area contributed by atoms with Crippen LogP contribution in [0.2, 0.25) is 0 Å². The molecule has 0 saturated heterocycles. The fourth-order valence-corrected chi connectivity index (χ4v) is 2.59. The van der Waals surface area contributed by atoms with Gasteiger partial charge >= 0.3 is 0 Å². The van der Waals surface area contributed by atoms with Gasteiger partial charge in [0.2, 0.25) is 0 Å². The van der Waals surface area contributed by atoms with Crippen molar-refractivity contribution in [3.63, 3.8) is 0 Å². The Bertz CT molecular complexity index is 537. The zero-order valence-electron chi connectivity index (χ0n) is 13.0. The van der Waals surface area contributed by atoms with E-state index in [9.17, 15) is 0 Å². The number of hydrogen-bond donors (Lipinski definition) is 1. The maximum Gasteiger partial charge on any atom is 0.0372 e. The summed E-state index contributed by atoms with van der Waals surface area (Å²) in [5.74, 6) is 0. The van der Waals surface area contributed by atoms with Gasteiger partial charge in [0.05, 0.1) is 0 Å². The van der Waals surface area contributed by atoms with Crippen molar-refractivity contribution in [2.75, 3.05) is 0 Å². The summed E-state index contributed by atoms with van der Waals surface area (Å²) in [5, 5.41) is 3.73. The molecule has 0 spiro atoms. The van der Waals surface area contributed by atoms with Gasteiger partial charge in [0.25, 0.3) is 0 Å². The van der Waals surface area contributed by atoms with Gasteiger partial charge in [-0.25, -0.2) is 0 Å². The lowest BCUT2D eigenvalue weighted by atomic mass is 9.82. The standard InChI is InChI=1S/C19H25N/c1-15-10-8-9-13-17(15)14-20-18(19(2,3)4)16-11-6-5-7-12-16/h5-13,18,20H,14H2,1-4H3. The van der Waals surface area contributed by atoms with Crippen LogP contribution in [0, 0.1) is 12.3 Å². The van der Waals surface area contributed by atoms with Crippen LogP contribution in [0.25, 0.3) is 0 Å². The van der Waals surface area contributed by atoms with Crippen molar-refractivity contribution < 1.29 is 0 Å². The van der Waals surface area contributed by atoms with Gasteiger partial charge in [-0.2, -0.15) is 0 Å². The highest BCUT2D eigenvalue weighted by molar-refractivity contribution is 5.26. The summed E-state index contributed by atoms with van der Waals surface area (Å²) in [4.78, 5) is 0. The van der Waals surface area contributed by atoms with Crippen molar-refractivity contribution in [3.8, 4) is 0 Å². The quantitative estimate of drug-likeness (QED) is 0.833. The Morgan fingerprint density at radius 3 is 2.10 bits per heavy atom. The normalized spacial score (nSPS) is 13.2. The van der Waals surface area contributed by atoms with E-state index in [4.69, 9.17) is 0 Å². The molecule has 106 valence electrons. The van der Waals surface area contributed by atoms with E-state index in [1.165, 1.54) is 16.7 Å². The molecule has 2 rings (SSSR count). The predicted molar refractivity (Wildman–Crippen MR) is 86.7 cm³/mol. The minimum Gasteiger partial charge on any atom is -0.305 e. The predicted octanol–water partition coefficient (Wildman–Crippen LogP) is 4.87. The second kappa shape index (κ2) is 6.23. The Kier molecular flexibility index (Phi) is 4.61. The molecule has 0 aromatic heterocycles. The molecule has 1 nitrogen and oxygen atoms in total. The van der Waals surface area contributed by atoms with Crippen LogP contribution in [0.4, 0.5) is 0 Å². The highest BCUT2D eigenvalue weighted by atomic mass is 14.9. The van der Waals surface area contributed by atoms with Crippen LogP contribution in [0.5, 0.6) is 0 Å². The lowest BCUT2D eigenvalue weighted by Gasteiger charge is -2.32. The SMILES string of the molecule is Cc1ccccc1CNC(c1ccccc1)C(C)(C)C. The number of aryl methyl sites for hydroxylation is 1. The van der Waals surface area contributed by atoms with Crippen LogP contribution < -0.4 is 5.32 Å². The molecule has 0 amide bonds. The molecule has 0 aliphatic carbocycles. The number of benzene rings is 2. The van der Waals surface area contributed by atoms with Crippen molar-refractivity contribution in [1.29, 1.82) is 0 Å². The van der Waals surface area contributed by atoms with Crippen LogP contribution in [0.1, 0.15) is 43.5 Å². The molecule has 0 heterocycles. The molecule has 0 saturated carbocycles. The fraction of sp³-hybridized carbons (Fsp3) is 0.368. The second-order valence-electron chi connectivity index (χ2n) is 6.52. The molecular weight excluding hydrogens is 242 g/mol. The molecule has 1 atom stereocenters. The van der Waals surface area contributed by atoms with Gasteiger partial charge in [-0.1, -0.05) is 75.4 Å². The average Bonchev–Trinajstić information content (AvgIpc) is 2.41. The summed E-state index contributed by atoms with van der Waals surface area (Å²) in [6.45, 7) is 9.94. The van der Waals surface area contributed by atoms with E-state index >= 15 is 0 Å². The summed E-state index contributed by atoms with van der Waals surface area (Å²) >= 11 is 0. The van der Waals surface area contributed by atoms with Gasteiger partial charge in [0.1, 0.15) is 0 Å². The van der Waals surface area contributed by atoms with E-state index in [1.54, 1.807) is 0 Å². The third kappa shape index (κ3) is 3.71. The van der Waals surface area contributed by atoms with Crippen molar-refractivity contribution in [2.24, 2.45) is 5.41 Å². The van der Waals surface area contributed by atoms with Crippen LogP contribution in [0.3, 0.4) is 0 Å². The first-order valence-electron chi connectivity index (χ1n) is 7.31. The van der Waals surface area contributed by atoms with Crippen molar-refractivity contribution in [2.45, 2.75) is 40.3 Å². The molecule has 0 aliphatic rings. The van der Waals surface area contributed by atoms with Gasteiger partial charge in [-0.3, -0.25) is 0 Å². The number of nitrogens with one attached hydrogen (secondary N) is 1. The summed E-state index contributed by atoms with van der Waals surface area (Å²) < 4.78 is 0. The molecule has 2 aromatic rings.